The fraction of sp³-hybridized carbons (Fsp3) is 0.214. The summed E-state index contributed by atoms with van der Waals surface area (Å²) in [6, 6.07) is 36.9. The van der Waals surface area contributed by atoms with Crippen molar-refractivity contribution in [3.63, 3.8) is 0 Å². The summed E-state index contributed by atoms with van der Waals surface area (Å²) < 4.78 is 7.83. The van der Waals surface area contributed by atoms with Gasteiger partial charge in [0.25, 0.3) is 5.91 Å². The number of amides is 1. The maximum atomic E-state index is 13.6. The second-order valence-corrected chi connectivity index (χ2v) is 13.7. The lowest BCUT2D eigenvalue weighted by atomic mass is 9.92. The van der Waals surface area contributed by atoms with Gasteiger partial charge in [0, 0.05) is 22.4 Å². The second-order valence-electron chi connectivity index (χ2n) is 12.9. The van der Waals surface area contributed by atoms with Gasteiger partial charge < -0.3 is 14.6 Å². The molecule has 0 saturated carbocycles. The van der Waals surface area contributed by atoms with Gasteiger partial charge in [0.1, 0.15) is 6.61 Å². The molecule has 0 fully saturated rings. The van der Waals surface area contributed by atoms with E-state index in [1.807, 2.05) is 86.0 Å². The van der Waals surface area contributed by atoms with E-state index in [-0.39, 0.29) is 36.5 Å². The molecule has 1 aromatic heterocycles. The molecule has 5 aromatic carbocycles. The Kier molecular flexibility index (Phi) is 11.1. The van der Waals surface area contributed by atoms with Crippen molar-refractivity contribution in [3.8, 4) is 11.1 Å². The van der Waals surface area contributed by atoms with Crippen molar-refractivity contribution in [1.29, 1.82) is 0 Å². The zero-order chi connectivity index (χ0) is 35.2. The average Bonchev–Trinajstić information content (AvgIpc) is 3.55. The molecular formula is C42H40ClN3O3S. The van der Waals surface area contributed by atoms with Crippen molar-refractivity contribution in [2.75, 3.05) is 5.75 Å². The molecule has 6 rings (SSSR count). The molecule has 1 heterocycles. The molecule has 1 unspecified atom stereocenters. The Hall–Kier alpha value is -4.85. The summed E-state index contributed by atoms with van der Waals surface area (Å²) in [5.74, 6) is 0.222. The van der Waals surface area contributed by atoms with Crippen LogP contribution in [0.2, 0.25) is 5.02 Å². The van der Waals surface area contributed by atoms with Gasteiger partial charge in [-0.25, -0.2) is 9.78 Å². The number of hydrogen-bond acceptors (Lipinski definition) is 5. The van der Waals surface area contributed by atoms with E-state index >= 15 is 0 Å². The van der Waals surface area contributed by atoms with Gasteiger partial charge >= 0.3 is 5.97 Å². The molecule has 1 N–H and O–H groups in total. The summed E-state index contributed by atoms with van der Waals surface area (Å²) in [4.78, 5) is 31.5. The van der Waals surface area contributed by atoms with Crippen LogP contribution in [0.5, 0.6) is 0 Å². The fourth-order valence-electron chi connectivity index (χ4n) is 6.44. The molecule has 50 heavy (non-hydrogen) atoms. The molecule has 0 spiro atoms. The molecular weight excluding hydrogens is 662 g/mol. The summed E-state index contributed by atoms with van der Waals surface area (Å²) in [6.07, 6.45) is 2.57. The van der Waals surface area contributed by atoms with E-state index in [0.717, 1.165) is 44.4 Å². The summed E-state index contributed by atoms with van der Waals surface area (Å²) in [5.41, 5.74) is 8.62. The SMILES string of the molecule is Cc1cc(C(=O)N[C@@H](CS)Cc2ccccc2)cc2c1ncn2C(c1ccc(-c2ccccc2C(=O)OCc2ccc(Cl)cc2)cc1)C(C)C. The number of ether oxygens (including phenoxy) is 1. The normalized spacial score (nSPS) is 12.5. The van der Waals surface area contributed by atoms with Gasteiger partial charge in [0.05, 0.1) is 29.0 Å². The number of rotatable bonds is 12. The average molecular weight is 702 g/mol. The van der Waals surface area contributed by atoms with Gasteiger partial charge in [-0.2, -0.15) is 12.6 Å². The zero-order valence-electron chi connectivity index (χ0n) is 28.3. The number of benzene rings is 5. The highest BCUT2D eigenvalue weighted by atomic mass is 35.5. The minimum atomic E-state index is -0.388. The Bertz CT molecular complexity index is 2090. The van der Waals surface area contributed by atoms with E-state index < -0.39 is 0 Å². The van der Waals surface area contributed by atoms with Crippen LogP contribution < -0.4 is 5.32 Å². The molecule has 2 atom stereocenters. The maximum absolute atomic E-state index is 13.6. The van der Waals surface area contributed by atoms with Gasteiger partial charge in [0.15, 0.2) is 0 Å². The first-order valence-electron chi connectivity index (χ1n) is 16.8. The highest BCUT2D eigenvalue weighted by Gasteiger charge is 2.23. The first kappa shape index (κ1) is 35.0. The van der Waals surface area contributed by atoms with Crippen LogP contribution in [-0.4, -0.2) is 33.2 Å². The molecule has 0 radical (unpaired) electrons. The molecule has 1 amide bonds. The van der Waals surface area contributed by atoms with E-state index in [0.29, 0.717) is 28.3 Å². The van der Waals surface area contributed by atoms with E-state index in [1.165, 1.54) is 0 Å². The number of nitrogens with zero attached hydrogens (tertiary/aromatic N) is 2. The quantitative estimate of drug-likeness (QED) is 0.0985. The first-order valence-corrected chi connectivity index (χ1v) is 17.8. The van der Waals surface area contributed by atoms with E-state index in [4.69, 9.17) is 21.3 Å². The standard InChI is InChI=1S/C42H40ClN3O3S/c1-27(2)40(32-17-15-31(16-18-32)36-11-7-8-12-37(36)42(48)49-24-30-13-19-34(43)20-14-30)46-26-44-39-28(3)21-33(23-38(39)46)41(47)45-35(25-50)22-29-9-5-4-6-10-29/h4-21,23,26-27,35,40,50H,22,24-25H2,1-3H3,(H,45,47)/t35-,40?/m1/s1. The number of thiol groups is 1. The number of carbonyl (C=O) groups is 2. The Morgan fingerprint density at radius 3 is 2.28 bits per heavy atom. The molecule has 0 aliphatic carbocycles. The molecule has 0 aliphatic rings. The maximum Gasteiger partial charge on any atom is 0.339 e. The van der Waals surface area contributed by atoms with Crippen LogP contribution in [0.3, 0.4) is 0 Å². The monoisotopic (exact) mass is 701 g/mol. The van der Waals surface area contributed by atoms with Crippen LogP contribution in [-0.2, 0) is 17.8 Å². The summed E-state index contributed by atoms with van der Waals surface area (Å²) in [5, 5.41) is 3.82. The third-order valence-electron chi connectivity index (χ3n) is 8.94. The predicted molar refractivity (Wildman–Crippen MR) is 205 cm³/mol. The van der Waals surface area contributed by atoms with Gasteiger partial charge in [-0.15, -0.1) is 0 Å². The predicted octanol–water partition coefficient (Wildman–Crippen LogP) is 9.54. The fourth-order valence-corrected chi connectivity index (χ4v) is 6.78. The van der Waals surface area contributed by atoms with E-state index in [1.54, 1.807) is 18.2 Å². The Balaban J connectivity index is 1.24. The minimum Gasteiger partial charge on any atom is -0.457 e. The highest BCUT2D eigenvalue weighted by molar-refractivity contribution is 7.80. The van der Waals surface area contributed by atoms with Crippen LogP contribution in [0.1, 0.15) is 62.9 Å². The summed E-state index contributed by atoms with van der Waals surface area (Å²) in [7, 11) is 0. The molecule has 254 valence electrons. The number of hydrogen-bond donors (Lipinski definition) is 2. The lowest BCUT2D eigenvalue weighted by molar-refractivity contribution is 0.0473. The molecule has 8 heteroatoms. The van der Waals surface area contributed by atoms with E-state index in [2.05, 4.69) is 60.6 Å². The van der Waals surface area contributed by atoms with Crippen LogP contribution in [0.4, 0.5) is 0 Å². The van der Waals surface area contributed by atoms with E-state index in [9.17, 15) is 9.59 Å². The lowest BCUT2D eigenvalue weighted by Gasteiger charge is -2.25. The smallest absolute Gasteiger partial charge is 0.339 e. The van der Waals surface area contributed by atoms with Crippen molar-refractivity contribution in [3.05, 3.63) is 160 Å². The van der Waals surface area contributed by atoms with Crippen LogP contribution in [0.25, 0.3) is 22.2 Å². The van der Waals surface area contributed by atoms with Crippen molar-refractivity contribution in [2.24, 2.45) is 5.92 Å². The van der Waals surface area contributed by atoms with Crippen molar-refractivity contribution < 1.29 is 14.3 Å². The molecule has 0 saturated heterocycles. The Morgan fingerprint density at radius 1 is 0.880 bits per heavy atom. The molecule has 0 aliphatic heterocycles. The number of carbonyl (C=O) groups excluding carboxylic acids is 2. The Labute approximate surface area is 303 Å². The van der Waals surface area contributed by atoms with Crippen LogP contribution in [0, 0.1) is 12.8 Å². The largest absolute Gasteiger partial charge is 0.457 e. The van der Waals surface area contributed by atoms with Gasteiger partial charge in [0.2, 0.25) is 0 Å². The van der Waals surface area contributed by atoms with Crippen LogP contribution in [0.15, 0.2) is 122 Å². The molecule has 0 bridgehead atoms. The number of fused-ring (bicyclic) bond motifs is 1. The number of esters is 1. The highest BCUT2D eigenvalue weighted by Crippen LogP contribution is 2.33. The number of imidazole rings is 1. The topological polar surface area (TPSA) is 73.2 Å². The minimum absolute atomic E-state index is 0.0467. The molecule has 6 nitrogen and oxygen atoms in total. The number of aryl methyl sites for hydroxylation is 1. The lowest BCUT2D eigenvalue weighted by Crippen LogP contribution is -2.37. The second kappa shape index (κ2) is 15.8. The van der Waals surface area contributed by atoms with Crippen LogP contribution >= 0.6 is 24.2 Å². The van der Waals surface area contributed by atoms with Crippen molar-refractivity contribution >= 4 is 47.1 Å². The number of aromatic nitrogens is 2. The molecule has 6 aromatic rings. The third-order valence-corrected chi connectivity index (χ3v) is 9.63. The summed E-state index contributed by atoms with van der Waals surface area (Å²) in [6.45, 7) is 6.51. The van der Waals surface area contributed by atoms with Gasteiger partial charge in [-0.1, -0.05) is 110 Å². The number of nitrogens with one attached hydrogen (secondary N) is 1. The van der Waals surface area contributed by atoms with Gasteiger partial charge in [-0.05, 0) is 83.0 Å². The Morgan fingerprint density at radius 2 is 1.58 bits per heavy atom. The van der Waals surface area contributed by atoms with Crippen molar-refractivity contribution in [2.45, 2.75) is 45.9 Å². The third kappa shape index (κ3) is 7.96. The number of halogens is 1. The van der Waals surface area contributed by atoms with Crippen molar-refractivity contribution in [1.82, 2.24) is 14.9 Å². The zero-order valence-corrected chi connectivity index (χ0v) is 30.0. The summed E-state index contributed by atoms with van der Waals surface area (Å²) >= 11 is 10.5. The first-order chi connectivity index (χ1) is 24.2. The van der Waals surface area contributed by atoms with Gasteiger partial charge in [-0.3, -0.25) is 4.79 Å².